The van der Waals surface area contributed by atoms with Crippen molar-refractivity contribution in [2.45, 2.75) is 156 Å². The normalized spacial score (nSPS) is 13.8. The van der Waals surface area contributed by atoms with E-state index in [4.69, 9.17) is 0 Å². The van der Waals surface area contributed by atoms with Crippen LogP contribution >= 0.6 is 0 Å². The number of hydrogen-bond acceptors (Lipinski definition) is 0. The van der Waals surface area contributed by atoms with Crippen LogP contribution in [0, 0.1) is 11.8 Å². The molecule has 0 rings (SSSR count). The van der Waals surface area contributed by atoms with Crippen LogP contribution in [-0.2, 0) is 0 Å². The summed E-state index contributed by atoms with van der Waals surface area (Å²) in [5.41, 5.74) is 0. The smallest absolute Gasteiger partial charge is 0.0391 e. The third-order valence-electron chi connectivity index (χ3n) is 6.52. The van der Waals surface area contributed by atoms with Crippen molar-refractivity contribution in [3.63, 3.8) is 0 Å². The largest absolute Gasteiger partial charge is 0.0654 e. The van der Waals surface area contributed by atoms with E-state index < -0.39 is 0 Å². The number of hydrogen-bond donors (Lipinski definition) is 0. The maximum atomic E-state index is 2.53. The van der Waals surface area contributed by atoms with Gasteiger partial charge in [0.25, 0.3) is 0 Å². The van der Waals surface area contributed by atoms with Crippen LogP contribution in [-0.4, -0.2) is 0 Å². The molecule has 0 aromatic carbocycles. The van der Waals surface area contributed by atoms with Crippen molar-refractivity contribution in [2.24, 2.45) is 11.8 Å². The van der Waals surface area contributed by atoms with Gasteiger partial charge >= 0.3 is 0 Å². The molecule has 0 amide bonds. The third kappa shape index (κ3) is 17.4. The van der Waals surface area contributed by atoms with Gasteiger partial charge in [-0.3, -0.25) is 0 Å². The second kappa shape index (κ2) is 21.3. The van der Waals surface area contributed by atoms with Crippen LogP contribution < -0.4 is 0 Å². The summed E-state index contributed by atoms with van der Waals surface area (Å²) >= 11 is 0. The molecule has 0 aromatic heterocycles. The molecule has 0 aliphatic rings. The summed E-state index contributed by atoms with van der Waals surface area (Å²) in [6.45, 7) is 9.56. The summed E-state index contributed by atoms with van der Waals surface area (Å²) < 4.78 is 0. The van der Waals surface area contributed by atoms with Crippen molar-refractivity contribution in [2.75, 3.05) is 0 Å². The Kier molecular flexibility index (Phi) is 21.3. The molecule has 0 aromatic rings. The highest BCUT2D eigenvalue weighted by Crippen LogP contribution is 2.27. The fourth-order valence-electron chi connectivity index (χ4n) is 4.44. The molecule has 0 aliphatic carbocycles. The molecule has 0 spiro atoms. The van der Waals surface area contributed by atoms with E-state index in [2.05, 4.69) is 27.7 Å². The van der Waals surface area contributed by atoms with E-state index in [1.165, 1.54) is 128 Å². The molecule has 0 saturated carbocycles. The van der Waals surface area contributed by atoms with Crippen LogP contribution in [0.1, 0.15) is 156 Å². The highest BCUT2D eigenvalue weighted by molar-refractivity contribution is 4.66. The van der Waals surface area contributed by atoms with Crippen molar-refractivity contribution >= 4 is 0 Å². The van der Waals surface area contributed by atoms with Crippen LogP contribution in [0.3, 0.4) is 0 Å². The first-order valence-corrected chi connectivity index (χ1v) is 12.8. The van der Waals surface area contributed by atoms with Gasteiger partial charge in [-0.25, -0.2) is 0 Å². The van der Waals surface area contributed by atoms with Crippen LogP contribution in [0.5, 0.6) is 0 Å². The highest BCUT2D eigenvalue weighted by Gasteiger charge is 2.14. The summed E-state index contributed by atoms with van der Waals surface area (Å²) in [6.07, 6.45) is 29.2. The summed E-state index contributed by atoms with van der Waals surface area (Å²) in [5, 5.41) is 0. The van der Waals surface area contributed by atoms with E-state index in [1.807, 2.05) is 0 Å². The molecule has 0 heteroatoms. The van der Waals surface area contributed by atoms with Crippen molar-refractivity contribution in [3.8, 4) is 0 Å². The molecule has 0 heterocycles. The Bertz CT molecular complexity index is 244. The summed E-state index contributed by atoms with van der Waals surface area (Å²) in [6, 6.07) is 0. The van der Waals surface area contributed by atoms with Crippen molar-refractivity contribution in [3.05, 3.63) is 0 Å². The van der Waals surface area contributed by atoms with Gasteiger partial charge in [-0.05, 0) is 11.8 Å². The number of rotatable bonds is 21. The number of unbranched alkanes of at least 4 members (excludes halogenated alkanes) is 15. The molecule has 2 unspecified atom stereocenters. The Morgan fingerprint density at radius 1 is 0.423 bits per heavy atom. The van der Waals surface area contributed by atoms with Crippen LogP contribution in [0.15, 0.2) is 0 Å². The first kappa shape index (κ1) is 26.0. The SMILES string of the molecule is CCCCCCCCCCCCC(CC)C(C)CCCCCCCCC. The highest BCUT2D eigenvalue weighted by atomic mass is 14.2. The van der Waals surface area contributed by atoms with E-state index >= 15 is 0 Å². The summed E-state index contributed by atoms with van der Waals surface area (Å²) in [4.78, 5) is 0. The van der Waals surface area contributed by atoms with E-state index in [9.17, 15) is 0 Å². The lowest BCUT2D eigenvalue weighted by molar-refractivity contribution is 0.291. The summed E-state index contributed by atoms with van der Waals surface area (Å²) in [5.74, 6) is 1.94. The topological polar surface area (TPSA) is 0 Å². The average molecular weight is 367 g/mol. The molecule has 0 nitrogen and oxygen atoms in total. The zero-order valence-corrected chi connectivity index (χ0v) is 19.3. The van der Waals surface area contributed by atoms with Crippen molar-refractivity contribution in [1.29, 1.82) is 0 Å². The minimum atomic E-state index is 0.953. The summed E-state index contributed by atoms with van der Waals surface area (Å²) in [7, 11) is 0. The molecular weight excluding hydrogens is 312 g/mol. The molecule has 0 radical (unpaired) electrons. The molecule has 0 N–H and O–H groups in total. The van der Waals surface area contributed by atoms with Crippen LogP contribution in [0.4, 0.5) is 0 Å². The quantitative estimate of drug-likeness (QED) is 0.177. The lowest BCUT2D eigenvalue weighted by Gasteiger charge is -2.22. The van der Waals surface area contributed by atoms with Gasteiger partial charge in [0.15, 0.2) is 0 Å². The molecule has 0 saturated heterocycles. The van der Waals surface area contributed by atoms with Gasteiger partial charge < -0.3 is 0 Å². The van der Waals surface area contributed by atoms with Gasteiger partial charge in [-0.1, -0.05) is 156 Å². The fraction of sp³-hybridized carbons (Fsp3) is 1.00. The Hall–Kier alpha value is 0. The first-order chi connectivity index (χ1) is 12.8. The Morgan fingerprint density at radius 3 is 1.15 bits per heavy atom. The minimum Gasteiger partial charge on any atom is -0.0654 e. The first-order valence-electron chi connectivity index (χ1n) is 12.8. The van der Waals surface area contributed by atoms with Crippen LogP contribution in [0.25, 0.3) is 0 Å². The second-order valence-corrected chi connectivity index (χ2v) is 9.03. The minimum absolute atomic E-state index is 0.953. The van der Waals surface area contributed by atoms with E-state index in [-0.39, 0.29) is 0 Å². The zero-order valence-electron chi connectivity index (χ0n) is 19.3. The molecule has 0 bridgehead atoms. The lowest BCUT2D eigenvalue weighted by Crippen LogP contribution is -2.11. The van der Waals surface area contributed by atoms with E-state index in [1.54, 1.807) is 0 Å². The average Bonchev–Trinajstić information content (AvgIpc) is 2.65. The monoisotopic (exact) mass is 366 g/mol. The Balaban J connectivity index is 3.47. The van der Waals surface area contributed by atoms with Gasteiger partial charge in [0.2, 0.25) is 0 Å². The molecular formula is C26H54. The predicted octanol–water partition coefficient (Wildman–Crippen LogP) is 10.1. The zero-order chi connectivity index (χ0) is 19.3. The van der Waals surface area contributed by atoms with Gasteiger partial charge in [-0.15, -0.1) is 0 Å². The Morgan fingerprint density at radius 2 is 0.769 bits per heavy atom. The Labute approximate surface area is 168 Å². The van der Waals surface area contributed by atoms with Gasteiger partial charge in [0.1, 0.15) is 0 Å². The van der Waals surface area contributed by atoms with E-state index in [0.29, 0.717) is 0 Å². The molecule has 158 valence electrons. The standard InChI is InChI=1S/C26H54/c1-5-8-10-12-14-15-16-18-20-22-24-26(7-3)25(4)23-21-19-17-13-11-9-6-2/h25-26H,5-24H2,1-4H3. The molecule has 0 aliphatic heterocycles. The molecule has 26 heavy (non-hydrogen) atoms. The third-order valence-corrected chi connectivity index (χ3v) is 6.52. The second-order valence-electron chi connectivity index (χ2n) is 9.03. The fourth-order valence-corrected chi connectivity index (χ4v) is 4.44. The lowest BCUT2D eigenvalue weighted by atomic mass is 9.83. The van der Waals surface area contributed by atoms with Crippen molar-refractivity contribution in [1.82, 2.24) is 0 Å². The van der Waals surface area contributed by atoms with Gasteiger partial charge in [0, 0.05) is 0 Å². The van der Waals surface area contributed by atoms with E-state index in [0.717, 1.165) is 11.8 Å². The van der Waals surface area contributed by atoms with Crippen molar-refractivity contribution < 1.29 is 0 Å². The van der Waals surface area contributed by atoms with Crippen LogP contribution in [0.2, 0.25) is 0 Å². The van der Waals surface area contributed by atoms with Gasteiger partial charge in [0.05, 0.1) is 0 Å². The molecule has 0 fully saturated rings. The maximum Gasteiger partial charge on any atom is -0.0391 e. The maximum absolute atomic E-state index is 2.53. The van der Waals surface area contributed by atoms with Gasteiger partial charge in [-0.2, -0.15) is 0 Å². The predicted molar refractivity (Wildman–Crippen MR) is 122 cm³/mol. The molecule has 2 atom stereocenters.